The summed E-state index contributed by atoms with van der Waals surface area (Å²) in [5.41, 5.74) is -0.644. The molecule has 7 nitrogen and oxygen atoms in total. The van der Waals surface area contributed by atoms with Crippen LogP contribution in [0.15, 0.2) is 55.1 Å². The Balaban J connectivity index is 1.61. The van der Waals surface area contributed by atoms with Gasteiger partial charge in [-0.1, -0.05) is 48.6 Å². The molecule has 1 aromatic rings. The van der Waals surface area contributed by atoms with Gasteiger partial charge in [0.15, 0.2) is 0 Å². The lowest BCUT2D eigenvalue weighted by Crippen LogP contribution is -2.57. The predicted molar refractivity (Wildman–Crippen MR) is 116 cm³/mol. The van der Waals surface area contributed by atoms with E-state index in [1.54, 1.807) is 12.2 Å². The highest BCUT2D eigenvalue weighted by atomic mass is 16.5. The van der Waals surface area contributed by atoms with Gasteiger partial charge in [-0.2, -0.15) is 0 Å². The third-order valence-corrected chi connectivity index (χ3v) is 6.06. The van der Waals surface area contributed by atoms with E-state index in [1.165, 1.54) is 4.90 Å². The minimum Gasteiger partial charge on any atom is -0.359 e. The molecule has 0 aromatic heterocycles. The molecule has 7 heteroatoms. The van der Waals surface area contributed by atoms with Crippen LogP contribution in [0.1, 0.15) is 26.3 Å². The Morgan fingerprint density at radius 2 is 1.94 bits per heavy atom. The summed E-state index contributed by atoms with van der Waals surface area (Å²) in [6.45, 7) is 9.97. The van der Waals surface area contributed by atoms with Crippen LogP contribution in [0.25, 0.3) is 0 Å². The Kier molecular flexibility index (Phi) is 5.25. The minimum absolute atomic E-state index is 0.208. The number of likely N-dealkylation sites (tertiary alicyclic amines) is 1. The summed E-state index contributed by atoms with van der Waals surface area (Å²) in [7, 11) is 0. The van der Waals surface area contributed by atoms with Gasteiger partial charge in [0.2, 0.25) is 17.7 Å². The van der Waals surface area contributed by atoms with Crippen LogP contribution in [0.4, 0.5) is 0 Å². The molecule has 0 unspecified atom stereocenters. The van der Waals surface area contributed by atoms with E-state index in [0.29, 0.717) is 6.54 Å². The number of fused-ring (bicyclic) bond motifs is 1. The first kappa shape index (κ1) is 21.3. The van der Waals surface area contributed by atoms with Crippen molar-refractivity contribution >= 4 is 17.7 Å². The van der Waals surface area contributed by atoms with Crippen LogP contribution >= 0.6 is 0 Å². The maximum absolute atomic E-state index is 13.4. The van der Waals surface area contributed by atoms with Crippen molar-refractivity contribution in [2.45, 2.75) is 50.6 Å². The van der Waals surface area contributed by atoms with Gasteiger partial charge in [-0.3, -0.25) is 14.4 Å². The van der Waals surface area contributed by atoms with Gasteiger partial charge in [0.1, 0.15) is 11.6 Å². The van der Waals surface area contributed by atoms with E-state index in [9.17, 15) is 14.4 Å². The monoisotopic (exact) mass is 423 g/mol. The lowest BCUT2D eigenvalue weighted by Gasteiger charge is -2.34. The molecule has 3 aliphatic rings. The standard InChI is InChI=1S/C24H29N3O4/c1-5-13-27-19(21(29)26-23(2,3)4)24-12-11-16(31-24)17(18(24)22(27)30)20(28)25-14-15-9-7-6-8-10-15/h5-12,16-19H,1,13-14H2,2-4H3,(H,25,28)(H,26,29)/t16-,17+,18+,19-,24+/m1/s1. The number of nitrogens with one attached hydrogen (secondary N) is 2. The van der Waals surface area contributed by atoms with E-state index in [2.05, 4.69) is 17.2 Å². The average Bonchev–Trinajstić information content (AvgIpc) is 3.34. The SMILES string of the molecule is C=CCN1C(=O)[C@@H]2[C@@H](C(=O)NCc3ccccc3)[C@H]3C=C[C@@]2(O3)[C@H]1C(=O)NC(C)(C)C. The molecule has 1 spiro atoms. The van der Waals surface area contributed by atoms with Gasteiger partial charge < -0.3 is 20.3 Å². The van der Waals surface area contributed by atoms with Gasteiger partial charge in [0, 0.05) is 18.6 Å². The molecular weight excluding hydrogens is 394 g/mol. The summed E-state index contributed by atoms with van der Waals surface area (Å²) >= 11 is 0. The maximum atomic E-state index is 13.4. The van der Waals surface area contributed by atoms with Crippen LogP contribution < -0.4 is 10.6 Å². The molecule has 2 saturated heterocycles. The average molecular weight is 424 g/mol. The second-order valence-electron chi connectivity index (χ2n) is 9.42. The zero-order valence-electron chi connectivity index (χ0n) is 18.1. The van der Waals surface area contributed by atoms with Gasteiger partial charge in [-0.15, -0.1) is 6.58 Å². The lowest BCUT2D eigenvalue weighted by atomic mass is 9.74. The smallest absolute Gasteiger partial charge is 0.246 e. The number of ether oxygens (including phenoxy) is 1. The van der Waals surface area contributed by atoms with E-state index in [0.717, 1.165) is 5.56 Å². The molecule has 0 aliphatic carbocycles. The van der Waals surface area contributed by atoms with Crippen molar-refractivity contribution in [3.05, 3.63) is 60.7 Å². The molecule has 31 heavy (non-hydrogen) atoms. The topological polar surface area (TPSA) is 87.7 Å². The highest BCUT2D eigenvalue weighted by Gasteiger charge is 2.72. The van der Waals surface area contributed by atoms with Gasteiger partial charge in [-0.25, -0.2) is 0 Å². The number of amides is 3. The molecule has 1 aromatic carbocycles. The van der Waals surface area contributed by atoms with Crippen molar-refractivity contribution < 1.29 is 19.1 Å². The van der Waals surface area contributed by atoms with E-state index in [4.69, 9.17) is 4.74 Å². The summed E-state index contributed by atoms with van der Waals surface area (Å²) in [6.07, 6.45) is 4.68. The van der Waals surface area contributed by atoms with Crippen LogP contribution in [0.5, 0.6) is 0 Å². The Labute approximate surface area is 182 Å². The molecule has 3 amide bonds. The molecule has 3 aliphatic heterocycles. The highest BCUT2D eigenvalue weighted by molar-refractivity contribution is 6.00. The molecule has 2 bridgehead atoms. The molecule has 2 N–H and O–H groups in total. The fraction of sp³-hybridized carbons (Fsp3) is 0.458. The second-order valence-corrected chi connectivity index (χ2v) is 9.42. The van der Waals surface area contributed by atoms with Gasteiger partial charge in [0.25, 0.3) is 0 Å². The number of nitrogens with zero attached hydrogens (tertiary/aromatic N) is 1. The Morgan fingerprint density at radius 3 is 2.58 bits per heavy atom. The van der Waals surface area contributed by atoms with Crippen LogP contribution in [0, 0.1) is 11.8 Å². The van der Waals surface area contributed by atoms with Crippen molar-refractivity contribution in [3.63, 3.8) is 0 Å². The normalized spacial score (nSPS) is 30.9. The molecule has 5 atom stereocenters. The number of carbonyl (C=O) groups excluding carboxylic acids is 3. The zero-order chi connectivity index (χ0) is 22.4. The Hall–Kier alpha value is -2.93. The van der Waals surface area contributed by atoms with Crippen LogP contribution in [0.3, 0.4) is 0 Å². The molecular formula is C24H29N3O4. The number of hydrogen-bond acceptors (Lipinski definition) is 4. The third-order valence-electron chi connectivity index (χ3n) is 6.06. The summed E-state index contributed by atoms with van der Waals surface area (Å²) in [5, 5.41) is 5.91. The van der Waals surface area contributed by atoms with E-state index in [1.807, 2.05) is 57.2 Å². The van der Waals surface area contributed by atoms with Crippen molar-refractivity contribution in [3.8, 4) is 0 Å². The first-order valence-corrected chi connectivity index (χ1v) is 10.6. The molecule has 0 saturated carbocycles. The van der Waals surface area contributed by atoms with Crippen LogP contribution in [0.2, 0.25) is 0 Å². The highest BCUT2D eigenvalue weighted by Crippen LogP contribution is 2.55. The zero-order valence-corrected chi connectivity index (χ0v) is 18.1. The minimum atomic E-state index is -1.14. The summed E-state index contributed by atoms with van der Waals surface area (Å²) in [6, 6.07) is 8.74. The number of hydrogen-bond donors (Lipinski definition) is 2. The number of benzene rings is 1. The van der Waals surface area contributed by atoms with E-state index in [-0.39, 0.29) is 24.3 Å². The van der Waals surface area contributed by atoms with Crippen LogP contribution in [-0.4, -0.2) is 52.5 Å². The fourth-order valence-electron chi connectivity index (χ4n) is 4.94. The second kappa shape index (κ2) is 7.64. The quantitative estimate of drug-likeness (QED) is 0.680. The van der Waals surface area contributed by atoms with Crippen molar-refractivity contribution in [1.82, 2.24) is 15.5 Å². The first-order valence-electron chi connectivity index (χ1n) is 10.6. The molecule has 3 heterocycles. The first-order chi connectivity index (χ1) is 14.7. The van der Waals surface area contributed by atoms with Crippen LogP contribution in [-0.2, 0) is 25.7 Å². The molecule has 0 radical (unpaired) electrons. The summed E-state index contributed by atoms with van der Waals surface area (Å²) < 4.78 is 6.24. The van der Waals surface area contributed by atoms with Crippen molar-refractivity contribution in [2.75, 3.05) is 6.54 Å². The van der Waals surface area contributed by atoms with Gasteiger partial charge in [0.05, 0.1) is 17.9 Å². The van der Waals surface area contributed by atoms with Crippen molar-refractivity contribution in [1.29, 1.82) is 0 Å². The number of rotatable bonds is 6. The van der Waals surface area contributed by atoms with E-state index >= 15 is 0 Å². The summed E-state index contributed by atoms with van der Waals surface area (Å²) in [5.74, 6) is -2.20. The molecule has 2 fully saturated rings. The number of carbonyl (C=O) groups is 3. The maximum Gasteiger partial charge on any atom is 0.246 e. The lowest BCUT2D eigenvalue weighted by molar-refractivity contribution is -0.141. The Bertz CT molecular complexity index is 936. The fourth-order valence-corrected chi connectivity index (χ4v) is 4.94. The van der Waals surface area contributed by atoms with E-state index < -0.39 is 35.1 Å². The van der Waals surface area contributed by atoms with Gasteiger partial charge in [-0.05, 0) is 26.3 Å². The van der Waals surface area contributed by atoms with Gasteiger partial charge >= 0.3 is 0 Å². The Morgan fingerprint density at radius 1 is 1.23 bits per heavy atom. The molecule has 164 valence electrons. The third kappa shape index (κ3) is 3.57. The molecule has 4 rings (SSSR count). The summed E-state index contributed by atoms with van der Waals surface area (Å²) in [4.78, 5) is 41.3. The predicted octanol–water partition coefficient (Wildman–Crippen LogP) is 1.55. The largest absolute Gasteiger partial charge is 0.359 e. The van der Waals surface area contributed by atoms with Crippen molar-refractivity contribution in [2.24, 2.45) is 11.8 Å².